The van der Waals surface area contributed by atoms with E-state index in [-0.39, 0.29) is 29.7 Å². The average molecular weight is 1110 g/mol. The zero-order valence-corrected chi connectivity index (χ0v) is 45.0. The number of carboxylic acids is 1. The van der Waals surface area contributed by atoms with Gasteiger partial charge in [-0.05, 0) is 125 Å². The van der Waals surface area contributed by atoms with E-state index in [1.54, 1.807) is 37.3 Å². The summed E-state index contributed by atoms with van der Waals surface area (Å²) >= 11 is 3.91. The Kier molecular flexibility index (Phi) is 23.8. The fourth-order valence-corrected chi connectivity index (χ4v) is 12.0. The van der Waals surface area contributed by atoms with Gasteiger partial charge in [0.05, 0.1) is 30.5 Å². The van der Waals surface area contributed by atoms with Crippen molar-refractivity contribution in [2.75, 3.05) is 59.0 Å². The number of nitrogens with one attached hydrogen (secondary N) is 3. The molecule has 0 spiro atoms. The highest BCUT2D eigenvalue weighted by molar-refractivity contribution is 9.10. The Labute approximate surface area is 445 Å². The number of benzene rings is 2. The molecule has 416 valence electrons. The van der Waals surface area contributed by atoms with Crippen LogP contribution in [0.5, 0.6) is 0 Å². The van der Waals surface area contributed by atoms with Gasteiger partial charge in [-0.25, -0.2) is 9.59 Å². The molecule has 5 fully saturated rings. The third-order valence-corrected chi connectivity index (χ3v) is 16.6. The summed E-state index contributed by atoms with van der Waals surface area (Å²) in [7, 11) is 0. The molecule has 19 heteroatoms. The van der Waals surface area contributed by atoms with Crippen molar-refractivity contribution >= 4 is 27.9 Å². The molecule has 0 radical (unpaired) electrons. The number of aliphatic hydroxyl groups is 5. The topological polar surface area (TPSA) is 250 Å². The third kappa shape index (κ3) is 16.7. The van der Waals surface area contributed by atoms with Crippen LogP contribution in [0.2, 0.25) is 0 Å². The highest BCUT2D eigenvalue weighted by atomic mass is 79.9. The zero-order chi connectivity index (χ0) is 52.6. The summed E-state index contributed by atoms with van der Waals surface area (Å²) in [6, 6.07) is 14.8. The van der Waals surface area contributed by atoms with Crippen LogP contribution < -0.4 is 16.0 Å². The maximum atomic E-state index is 14.0. The van der Waals surface area contributed by atoms with Gasteiger partial charge in [-0.1, -0.05) is 91.7 Å². The lowest BCUT2D eigenvalue weighted by molar-refractivity contribution is -0.350. The fourth-order valence-electron chi connectivity index (χ4n) is 11.5. The quantitative estimate of drug-likeness (QED) is 0.0961. The molecule has 0 amide bonds. The Morgan fingerprint density at radius 1 is 0.770 bits per heavy atom. The molecule has 0 bridgehead atoms. The van der Waals surface area contributed by atoms with Crippen LogP contribution in [0.4, 0.5) is 0 Å². The lowest BCUT2D eigenvalue weighted by Gasteiger charge is -2.49. The van der Waals surface area contributed by atoms with Crippen molar-refractivity contribution in [2.24, 2.45) is 17.8 Å². The largest absolute Gasteiger partial charge is 0.479 e. The maximum Gasteiger partial charge on any atom is 0.338 e. The van der Waals surface area contributed by atoms with Crippen molar-refractivity contribution < 1.29 is 68.6 Å². The minimum atomic E-state index is -1.62. The van der Waals surface area contributed by atoms with E-state index in [0.717, 1.165) is 127 Å². The van der Waals surface area contributed by atoms with Crippen LogP contribution in [0.1, 0.15) is 112 Å². The van der Waals surface area contributed by atoms with Crippen LogP contribution in [0.3, 0.4) is 0 Å². The van der Waals surface area contributed by atoms with Gasteiger partial charge in [0.1, 0.15) is 36.6 Å². The Balaban J connectivity index is 1.13. The summed E-state index contributed by atoms with van der Waals surface area (Å²) < 4.78 is 39.5. The SMILES string of the molecule is CCC1CC(CCc2ccc(CN3CCCNCCNCCCNCC3)c(Br)c2)CC(OC2OC(CO)C(O)C(O[C@@H](CC3CCCCC3)C(=O)O)C2OC(=O)c2ccccc2)C1OC1OC(C)C(O)C(O)C1O. The van der Waals surface area contributed by atoms with Crippen molar-refractivity contribution in [1.29, 1.82) is 0 Å². The van der Waals surface area contributed by atoms with Crippen LogP contribution in [0.25, 0.3) is 0 Å². The molecular weight excluding hydrogens is 1020 g/mol. The summed E-state index contributed by atoms with van der Waals surface area (Å²) in [5.41, 5.74) is 2.57. The van der Waals surface area contributed by atoms with E-state index < -0.39 is 98.3 Å². The van der Waals surface area contributed by atoms with E-state index in [4.69, 9.17) is 28.4 Å². The number of carboxylic acid groups (broad SMARTS) is 1. The second-order valence-corrected chi connectivity index (χ2v) is 22.1. The Bertz CT molecular complexity index is 1980. The predicted molar refractivity (Wildman–Crippen MR) is 279 cm³/mol. The first-order valence-electron chi connectivity index (χ1n) is 27.5. The van der Waals surface area contributed by atoms with Gasteiger partial charge in [-0.2, -0.15) is 0 Å². The van der Waals surface area contributed by atoms with Crippen LogP contribution in [-0.2, 0) is 46.2 Å². The zero-order valence-electron chi connectivity index (χ0n) is 43.4. The first-order valence-corrected chi connectivity index (χ1v) is 28.3. The molecule has 3 heterocycles. The molecule has 14 unspecified atom stereocenters. The van der Waals surface area contributed by atoms with E-state index in [1.807, 2.05) is 6.92 Å². The molecule has 7 rings (SSSR count). The van der Waals surface area contributed by atoms with Gasteiger partial charge in [0.25, 0.3) is 0 Å². The molecule has 5 aliphatic rings. The number of ether oxygens (including phenoxy) is 6. The van der Waals surface area contributed by atoms with Crippen molar-refractivity contribution in [3.8, 4) is 0 Å². The van der Waals surface area contributed by atoms with Crippen molar-refractivity contribution in [2.45, 2.75) is 184 Å². The molecule has 2 aliphatic carbocycles. The van der Waals surface area contributed by atoms with E-state index in [1.165, 1.54) is 5.56 Å². The van der Waals surface area contributed by atoms with Crippen LogP contribution in [-0.4, -0.2) is 186 Å². The molecule has 3 aliphatic heterocycles. The summed E-state index contributed by atoms with van der Waals surface area (Å²) in [5, 5.41) is 76.3. The smallest absolute Gasteiger partial charge is 0.338 e. The van der Waals surface area contributed by atoms with Crippen molar-refractivity contribution in [1.82, 2.24) is 20.9 Å². The molecule has 2 aromatic carbocycles. The number of aliphatic hydroxyl groups excluding tert-OH is 5. The number of hydrogen-bond donors (Lipinski definition) is 9. The number of carbonyl (C=O) groups excluding carboxylic acids is 1. The molecule has 2 aromatic rings. The predicted octanol–water partition coefficient (Wildman–Crippen LogP) is 3.89. The van der Waals surface area contributed by atoms with Gasteiger partial charge in [0, 0.05) is 37.2 Å². The number of carbonyl (C=O) groups is 2. The highest BCUT2D eigenvalue weighted by Crippen LogP contribution is 2.42. The molecule has 2 saturated carbocycles. The van der Waals surface area contributed by atoms with Gasteiger partial charge in [-0.3, -0.25) is 4.90 Å². The Morgan fingerprint density at radius 3 is 2.20 bits per heavy atom. The molecule has 3 saturated heterocycles. The van der Waals surface area contributed by atoms with Gasteiger partial charge >= 0.3 is 11.9 Å². The van der Waals surface area contributed by atoms with Gasteiger partial charge in [-0.15, -0.1) is 0 Å². The molecule has 74 heavy (non-hydrogen) atoms. The number of aliphatic carboxylic acids is 1. The fraction of sp³-hybridized carbons (Fsp3) is 0.745. The molecule has 18 nitrogen and oxygen atoms in total. The molecule has 9 N–H and O–H groups in total. The number of rotatable bonds is 18. The standard InChI is InChI=1S/C55H85BrN4O14/c1-3-38-28-37(17-16-36-18-19-40(41(56)29-36)32-60-26-11-22-58-24-23-57-20-10-21-59-25-27-60)31-42(49(38)74-54-48(65)47(64)45(62)34(2)69-54)71-55-51(73-53(68)39-14-8-5-9-15-39)50(46(63)44(33-61)72-55)70-43(52(66)67)30-35-12-6-4-7-13-35/h5,8-9,14-15,18-19,29,34-35,37-38,42-51,54-55,57-59,61-65H,3-4,6-7,10-13,16-17,20-28,30-33H2,1-2H3,(H,66,67)/t34?,37?,38?,42?,43-,44?,45?,46?,47?,48?,49?,50?,51?,54?,55?/m0/s1. The molecule has 15 atom stereocenters. The monoisotopic (exact) mass is 1100 g/mol. The first-order chi connectivity index (χ1) is 35.8. The normalized spacial score (nSPS) is 34.1. The van der Waals surface area contributed by atoms with Crippen molar-refractivity contribution in [3.63, 3.8) is 0 Å². The maximum absolute atomic E-state index is 14.0. The number of nitrogens with zero attached hydrogens (tertiary/aromatic N) is 1. The highest BCUT2D eigenvalue weighted by Gasteiger charge is 2.53. The molecular formula is C55H85BrN4O14. The Morgan fingerprint density at radius 2 is 1.50 bits per heavy atom. The lowest BCUT2D eigenvalue weighted by atomic mass is 9.74. The van der Waals surface area contributed by atoms with Crippen molar-refractivity contribution in [3.05, 3.63) is 69.7 Å². The second-order valence-electron chi connectivity index (χ2n) is 21.3. The number of hydrogen-bond acceptors (Lipinski definition) is 17. The minimum Gasteiger partial charge on any atom is -0.479 e. The van der Waals surface area contributed by atoms with E-state index in [0.29, 0.717) is 19.3 Å². The van der Waals surface area contributed by atoms with Gasteiger partial charge in [0.2, 0.25) is 0 Å². The first kappa shape index (κ1) is 59.0. The van der Waals surface area contributed by atoms with Gasteiger partial charge in [0.15, 0.2) is 24.8 Å². The van der Waals surface area contributed by atoms with E-state index >= 15 is 0 Å². The second kappa shape index (κ2) is 29.9. The summed E-state index contributed by atoms with van der Waals surface area (Å²) in [4.78, 5) is 29.4. The van der Waals surface area contributed by atoms with Gasteiger partial charge < -0.3 is 75.0 Å². The van der Waals surface area contributed by atoms with Crippen LogP contribution in [0, 0.1) is 17.8 Å². The summed E-state index contributed by atoms with van der Waals surface area (Å²) in [5.74, 6) is -2.06. The average Bonchev–Trinajstić information content (AvgIpc) is 3.40. The van der Waals surface area contributed by atoms with Crippen LogP contribution in [0.15, 0.2) is 53.0 Å². The molecule has 0 aromatic heterocycles. The lowest BCUT2D eigenvalue weighted by Crippen LogP contribution is -2.64. The third-order valence-electron chi connectivity index (χ3n) is 15.9. The number of aryl methyl sites for hydroxylation is 1. The van der Waals surface area contributed by atoms with E-state index in [2.05, 4.69) is 55.0 Å². The number of esters is 1. The minimum absolute atomic E-state index is 0.0616. The summed E-state index contributed by atoms with van der Waals surface area (Å²) in [6.07, 6.45) is -6.95. The summed E-state index contributed by atoms with van der Waals surface area (Å²) in [6.45, 7) is 11.5. The van der Waals surface area contributed by atoms with Crippen LogP contribution >= 0.6 is 15.9 Å². The Hall–Kier alpha value is -2.70. The van der Waals surface area contributed by atoms with E-state index in [9.17, 15) is 40.2 Å². The number of halogens is 1.